The van der Waals surface area contributed by atoms with Gasteiger partial charge < -0.3 is 10.6 Å². The summed E-state index contributed by atoms with van der Waals surface area (Å²) in [4.78, 5) is 23.5. The predicted octanol–water partition coefficient (Wildman–Crippen LogP) is 2.04. The van der Waals surface area contributed by atoms with Crippen LogP contribution in [-0.2, 0) is 19.6 Å². The van der Waals surface area contributed by atoms with Gasteiger partial charge in [-0.2, -0.15) is 0 Å². The molecule has 1 heterocycles. The highest BCUT2D eigenvalue weighted by Crippen LogP contribution is 2.22. The minimum absolute atomic E-state index is 0.117. The van der Waals surface area contributed by atoms with Crippen LogP contribution in [0.1, 0.15) is 33.1 Å². The first-order valence-corrected chi connectivity index (χ1v) is 10.1. The minimum Gasteiger partial charge on any atom is -0.326 e. The van der Waals surface area contributed by atoms with Crippen LogP contribution < -0.4 is 10.6 Å². The van der Waals surface area contributed by atoms with Gasteiger partial charge in [-0.15, -0.1) is 0 Å². The smallest absolute Gasteiger partial charge is 0.228 e. The van der Waals surface area contributed by atoms with E-state index in [-0.39, 0.29) is 30.0 Å². The lowest BCUT2D eigenvalue weighted by Gasteiger charge is -2.31. The fourth-order valence-corrected chi connectivity index (χ4v) is 4.47. The molecular weight excluding hydrogens is 342 g/mol. The van der Waals surface area contributed by atoms with E-state index >= 15 is 0 Å². The first kappa shape index (κ1) is 19.4. The van der Waals surface area contributed by atoms with E-state index in [0.29, 0.717) is 37.2 Å². The lowest BCUT2D eigenvalue weighted by molar-refractivity contribution is -0.121. The predicted molar refractivity (Wildman–Crippen MR) is 97.8 cm³/mol. The molecular formula is C17H25N3O4S. The molecule has 7 nitrogen and oxygen atoms in total. The van der Waals surface area contributed by atoms with Crippen molar-refractivity contribution >= 4 is 33.2 Å². The molecule has 0 saturated carbocycles. The molecule has 1 unspecified atom stereocenters. The fraction of sp³-hybridized carbons (Fsp3) is 0.529. The molecule has 0 spiro atoms. The van der Waals surface area contributed by atoms with Gasteiger partial charge in [-0.05, 0) is 43.5 Å². The molecule has 2 amide bonds. The van der Waals surface area contributed by atoms with Crippen LogP contribution in [0.4, 0.5) is 11.4 Å². The zero-order valence-electron chi connectivity index (χ0n) is 14.6. The van der Waals surface area contributed by atoms with E-state index in [1.807, 2.05) is 6.92 Å². The zero-order valence-corrected chi connectivity index (χ0v) is 15.4. The molecule has 2 N–H and O–H groups in total. The van der Waals surface area contributed by atoms with Gasteiger partial charge in [0.2, 0.25) is 21.8 Å². The zero-order chi connectivity index (χ0) is 18.4. The number of hydrogen-bond donors (Lipinski definition) is 2. The van der Waals surface area contributed by atoms with Gasteiger partial charge in [0.25, 0.3) is 0 Å². The monoisotopic (exact) mass is 367 g/mol. The Bertz CT molecular complexity index is 716. The number of piperidine rings is 1. The van der Waals surface area contributed by atoms with Crippen LogP contribution in [0.15, 0.2) is 24.3 Å². The van der Waals surface area contributed by atoms with Crippen molar-refractivity contribution in [3.8, 4) is 0 Å². The number of nitrogens with zero attached hydrogens (tertiary/aromatic N) is 1. The Hall–Kier alpha value is -1.93. The summed E-state index contributed by atoms with van der Waals surface area (Å²) in [6, 6.07) is 6.82. The molecule has 0 radical (unpaired) electrons. The minimum atomic E-state index is -3.28. The maximum Gasteiger partial charge on any atom is 0.228 e. The van der Waals surface area contributed by atoms with E-state index in [9.17, 15) is 18.0 Å². The Morgan fingerprint density at radius 2 is 1.76 bits per heavy atom. The number of carbonyl (C=O) groups is 2. The molecule has 1 saturated heterocycles. The van der Waals surface area contributed by atoms with Gasteiger partial charge in [0, 0.05) is 31.4 Å². The van der Waals surface area contributed by atoms with Gasteiger partial charge in [-0.1, -0.05) is 6.92 Å². The summed E-state index contributed by atoms with van der Waals surface area (Å²) >= 11 is 0. The number of carbonyl (C=O) groups excluding carboxylic acids is 2. The second-order valence-electron chi connectivity index (χ2n) is 6.26. The summed E-state index contributed by atoms with van der Waals surface area (Å²) in [5.74, 6) is -0.571. The van der Waals surface area contributed by atoms with Crippen LogP contribution in [0.2, 0.25) is 0 Å². The molecule has 1 fully saturated rings. The SMILES string of the molecule is CCCS(=O)(=O)N1CCCC(C(=O)Nc2ccc(NC(C)=O)cc2)C1. The van der Waals surface area contributed by atoms with Gasteiger partial charge in [-0.3, -0.25) is 9.59 Å². The highest BCUT2D eigenvalue weighted by atomic mass is 32.2. The highest BCUT2D eigenvalue weighted by molar-refractivity contribution is 7.89. The van der Waals surface area contributed by atoms with Crippen LogP contribution in [0.25, 0.3) is 0 Å². The van der Waals surface area contributed by atoms with Gasteiger partial charge in [0.05, 0.1) is 11.7 Å². The van der Waals surface area contributed by atoms with E-state index < -0.39 is 10.0 Å². The number of hydrogen-bond acceptors (Lipinski definition) is 4. The molecule has 0 aromatic heterocycles. The van der Waals surface area contributed by atoms with E-state index in [1.165, 1.54) is 11.2 Å². The Balaban J connectivity index is 1.97. The maximum atomic E-state index is 12.5. The molecule has 0 bridgehead atoms. The van der Waals surface area contributed by atoms with Crippen molar-refractivity contribution in [3.63, 3.8) is 0 Å². The first-order chi connectivity index (χ1) is 11.8. The van der Waals surface area contributed by atoms with Crippen molar-refractivity contribution in [1.82, 2.24) is 4.31 Å². The lowest BCUT2D eigenvalue weighted by atomic mass is 9.98. The van der Waals surface area contributed by atoms with Crippen molar-refractivity contribution in [2.75, 3.05) is 29.5 Å². The molecule has 138 valence electrons. The second-order valence-corrected chi connectivity index (χ2v) is 8.35. The van der Waals surface area contributed by atoms with Crippen LogP contribution >= 0.6 is 0 Å². The van der Waals surface area contributed by atoms with E-state index in [4.69, 9.17) is 0 Å². The summed E-state index contributed by atoms with van der Waals surface area (Å²) in [7, 11) is -3.28. The Labute approximate surface area is 148 Å². The summed E-state index contributed by atoms with van der Waals surface area (Å²) in [5, 5.41) is 5.48. The van der Waals surface area contributed by atoms with Gasteiger partial charge in [-0.25, -0.2) is 12.7 Å². The third-order valence-corrected chi connectivity index (χ3v) is 6.13. The number of nitrogens with one attached hydrogen (secondary N) is 2. The van der Waals surface area contributed by atoms with Crippen LogP contribution in [0.5, 0.6) is 0 Å². The second kappa shape index (κ2) is 8.44. The highest BCUT2D eigenvalue weighted by Gasteiger charge is 2.31. The van der Waals surface area contributed by atoms with Gasteiger partial charge in [0.15, 0.2) is 0 Å². The van der Waals surface area contributed by atoms with Gasteiger partial charge >= 0.3 is 0 Å². The Morgan fingerprint density at radius 1 is 1.16 bits per heavy atom. The van der Waals surface area contributed by atoms with Crippen molar-refractivity contribution in [1.29, 1.82) is 0 Å². The fourth-order valence-electron chi connectivity index (χ4n) is 2.88. The largest absolute Gasteiger partial charge is 0.326 e. The van der Waals surface area contributed by atoms with Crippen LogP contribution in [0.3, 0.4) is 0 Å². The van der Waals surface area contributed by atoms with Crippen molar-refractivity contribution in [2.24, 2.45) is 5.92 Å². The van der Waals surface area contributed by atoms with Crippen LogP contribution in [-0.4, -0.2) is 43.4 Å². The molecule has 25 heavy (non-hydrogen) atoms. The van der Waals surface area contributed by atoms with E-state index in [1.54, 1.807) is 24.3 Å². The number of sulfonamides is 1. The first-order valence-electron chi connectivity index (χ1n) is 8.48. The average Bonchev–Trinajstić information content (AvgIpc) is 2.56. The summed E-state index contributed by atoms with van der Waals surface area (Å²) < 4.78 is 25.8. The van der Waals surface area contributed by atoms with E-state index in [2.05, 4.69) is 10.6 Å². The van der Waals surface area contributed by atoms with Crippen molar-refractivity contribution in [3.05, 3.63) is 24.3 Å². The third-order valence-electron chi connectivity index (χ3n) is 4.08. The quantitative estimate of drug-likeness (QED) is 0.804. The molecule has 1 aromatic carbocycles. The molecule has 1 aliphatic heterocycles. The normalized spacial score (nSPS) is 18.6. The van der Waals surface area contributed by atoms with E-state index in [0.717, 1.165) is 0 Å². The summed E-state index contributed by atoms with van der Waals surface area (Å²) in [5.41, 5.74) is 1.27. The number of rotatable bonds is 6. The molecule has 8 heteroatoms. The standard InChI is InChI=1S/C17H25N3O4S/c1-3-11-25(23,24)20-10-4-5-14(12-20)17(22)19-16-8-6-15(7-9-16)18-13(2)21/h6-9,14H,3-5,10-12H2,1-2H3,(H,18,21)(H,19,22). The summed E-state index contributed by atoms with van der Waals surface area (Å²) in [6.45, 7) is 3.98. The number of amides is 2. The Morgan fingerprint density at radius 3 is 2.32 bits per heavy atom. The molecule has 1 aromatic rings. The molecule has 1 atom stereocenters. The number of benzene rings is 1. The van der Waals surface area contributed by atoms with Gasteiger partial charge in [0.1, 0.15) is 0 Å². The van der Waals surface area contributed by atoms with Crippen molar-refractivity contribution in [2.45, 2.75) is 33.1 Å². The lowest BCUT2D eigenvalue weighted by Crippen LogP contribution is -2.44. The Kier molecular flexibility index (Phi) is 6.55. The maximum absolute atomic E-state index is 12.5. The van der Waals surface area contributed by atoms with Crippen molar-refractivity contribution < 1.29 is 18.0 Å². The average molecular weight is 367 g/mol. The molecule has 1 aliphatic rings. The topological polar surface area (TPSA) is 95.6 Å². The third kappa shape index (κ3) is 5.54. The molecule has 2 rings (SSSR count). The van der Waals surface area contributed by atoms with Crippen LogP contribution in [0, 0.1) is 5.92 Å². The molecule has 0 aliphatic carbocycles. The number of anilines is 2. The summed E-state index contributed by atoms with van der Waals surface area (Å²) in [6.07, 6.45) is 1.92.